The molecule has 1 aliphatic heterocycles. The van der Waals surface area contributed by atoms with Crippen LogP contribution in [0.25, 0.3) is 0 Å². The van der Waals surface area contributed by atoms with Gasteiger partial charge in [0, 0.05) is 0 Å². The minimum atomic E-state index is -0.567. The van der Waals surface area contributed by atoms with Crippen molar-refractivity contribution in [3.8, 4) is 0 Å². The molecule has 1 N–H and O–H groups in total. The summed E-state index contributed by atoms with van der Waals surface area (Å²) in [6.45, 7) is 5.77. The van der Waals surface area contributed by atoms with Gasteiger partial charge in [0.05, 0.1) is 6.54 Å². The van der Waals surface area contributed by atoms with E-state index in [2.05, 4.69) is 11.9 Å². The lowest BCUT2D eigenvalue weighted by Gasteiger charge is -2.12. The van der Waals surface area contributed by atoms with E-state index in [1.807, 2.05) is 30.3 Å². The number of hydrogen-bond acceptors (Lipinski definition) is 2. The van der Waals surface area contributed by atoms with E-state index in [0.717, 1.165) is 11.1 Å². The summed E-state index contributed by atoms with van der Waals surface area (Å²) in [5, 5.41) is 2.67. The first-order valence-electron chi connectivity index (χ1n) is 5.41. The van der Waals surface area contributed by atoms with Gasteiger partial charge in [0.2, 0.25) is 0 Å². The summed E-state index contributed by atoms with van der Waals surface area (Å²) in [6, 6.07) is 8.29. The Hall–Kier alpha value is -2.10. The minimum absolute atomic E-state index is 0.218. The topological polar surface area (TPSA) is 49.4 Å². The van der Waals surface area contributed by atoms with Crippen molar-refractivity contribution < 1.29 is 9.59 Å². The van der Waals surface area contributed by atoms with Crippen LogP contribution in [0.1, 0.15) is 18.5 Å². The molecule has 2 rings (SSSR count). The highest BCUT2D eigenvalue weighted by Gasteiger charge is 2.38. The van der Waals surface area contributed by atoms with Gasteiger partial charge in [-0.3, -0.25) is 9.69 Å². The van der Waals surface area contributed by atoms with Crippen LogP contribution in [0.5, 0.6) is 0 Å². The SMILES string of the molecule is C=C(C)CN1C(=O)NC(c2ccccc2)C1=O. The summed E-state index contributed by atoms with van der Waals surface area (Å²) in [5.74, 6) is -0.218. The van der Waals surface area contributed by atoms with Crippen molar-refractivity contribution in [1.82, 2.24) is 10.2 Å². The lowest BCUT2D eigenvalue weighted by Crippen LogP contribution is -2.32. The number of nitrogens with zero attached hydrogens (tertiary/aromatic N) is 1. The van der Waals surface area contributed by atoms with Gasteiger partial charge in [0.15, 0.2) is 0 Å². The average molecular weight is 230 g/mol. The van der Waals surface area contributed by atoms with Gasteiger partial charge >= 0.3 is 6.03 Å². The Morgan fingerprint density at radius 3 is 2.59 bits per heavy atom. The molecule has 4 heteroatoms. The van der Waals surface area contributed by atoms with E-state index >= 15 is 0 Å². The van der Waals surface area contributed by atoms with E-state index in [1.54, 1.807) is 6.92 Å². The van der Waals surface area contributed by atoms with Gasteiger partial charge < -0.3 is 5.32 Å². The van der Waals surface area contributed by atoms with Crippen molar-refractivity contribution in [3.63, 3.8) is 0 Å². The van der Waals surface area contributed by atoms with Crippen LogP contribution >= 0.6 is 0 Å². The molecule has 0 radical (unpaired) electrons. The molecule has 17 heavy (non-hydrogen) atoms. The van der Waals surface area contributed by atoms with E-state index in [9.17, 15) is 9.59 Å². The first-order chi connectivity index (χ1) is 8.09. The Morgan fingerprint density at radius 2 is 2.00 bits per heavy atom. The van der Waals surface area contributed by atoms with Gasteiger partial charge in [-0.15, -0.1) is 0 Å². The molecule has 0 spiro atoms. The molecule has 3 amide bonds. The largest absolute Gasteiger partial charge is 0.325 e. The molecule has 0 aliphatic carbocycles. The lowest BCUT2D eigenvalue weighted by atomic mass is 10.1. The molecule has 1 fully saturated rings. The molecule has 1 unspecified atom stereocenters. The predicted molar refractivity (Wildman–Crippen MR) is 64.2 cm³/mol. The standard InChI is InChI=1S/C13H14N2O2/c1-9(2)8-15-12(16)11(14-13(15)17)10-6-4-3-5-7-10/h3-7,11H,1,8H2,2H3,(H,14,17). The zero-order chi connectivity index (χ0) is 12.4. The van der Waals surface area contributed by atoms with E-state index < -0.39 is 6.04 Å². The molecule has 1 saturated heterocycles. The highest BCUT2D eigenvalue weighted by Crippen LogP contribution is 2.21. The number of benzene rings is 1. The molecule has 1 atom stereocenters. The zero-order valence-corrected chi connectivity index (χ0v) is 9.64. The monoisotopic (exact) mass is 230 g/mol. The number of hydrogen-bond donors (Lipinski definition) is 1. The van der Waals surface area contributed by atoms with Gasteiger partial charge in [-0.25, -0.2) is 4.79 Å². The Morgan fingerprint density at radius 1 is 1.35 bits per heavy atom. The maximum absolute atomic E-state index is 12.1. The van der Waals surface area contributed by atoms with Crippen molar-refractivity contribution in [2.75, 3.05) is 6.54 Å². The number of carbonyl (C=O) groups excluding carboxylic acids is 2. The number of rotatable bonds is 3. The maximum Gasteiger partial charge on any atom is 0.325 e. The third-order valence-electron chi connectivity index (χ3n) is 2.59. The number of imide groups is 1. The minimum Gasteiger partial charge on any atom is -0.322 e. The fourth-order valence-electron chi connectivity index (χ4n) is 1.81. The summed E-state index contributed by atoms with van der Waals surface area (Å²) >= 11 is 0. The molecule has 1 heterocycles. The second-order valence-corrected chi connectivity index (χ2v) is 4.17. The van der Waals surface area contributed by atoms with E-state index in [0.29, 0.717) is 0 Å². The second-order valence-electron chi connectivity index (χ2n) is 4.17. The van der Waals surface area contributed by atoms with Gasteiger partial charge in [-0.2, -0.15) is 0 Å². The van der Waals surface area contributed by atoms with Crippen LogP contribution in [0.15, 0.2) is 42.5 Å². The van der Waals surface area contributed by atoms with Crippen LogP contribution in [-0.2, 0) is 4.79 Å². The van der Waals surface area contributed by atoms with Crippen molar-refractivity contribution in [1.29, 1.82) is 0 Å². The average Bonchev–Trinajstić information content (AvgIpc) is 2.58. The molecule has 1 aromatic rings. The molecule has 0 bridgehead atoms. The molecular weight excluding hydrogens is 216 g/mol. The highest BCUT2D eigenvalue weighted by atomic mass is 16.2. The quantitative estimate of drug-likeness (QED) is 0.636. The molecule has 1 aliphatic rings. The molecule has 0 saturated carbocycles. The fourth-order valence-corrected chi connectivity index (χ4v) is 1.81. The second kappa shape index (κ2) is 4.41. The normalized spacial score (nSPS) is 19.4. The maximum atomic E-state index is 12.1. The van der Waals surface area contributed by atoms with E-state index in [1.165, 1.54) is 4.90 Å². The Bertz CT molecular complexity index is 468. The number of urea groups is 1. The van der Waals surface area contributed by atoms with E-state index in [-0.39, 0.29) is 18.5 Å². The van der Waals surface area contributed by atoms with Crippen molar-refractivity contribution in [2.24, 2.45) is 0 Å². The van der Waals surface area contributed by atoms with Crippen LogP contribution in [0.2, 0.25) is 0 Å². The summed E-state index contributed by atoms with van der Waals surface area (Å²) < 4.78 is 0. The first-order valence-corrected chi connectivity index (χ1v) is 5.41. The van der Waals surface area contributed by atoms with Crippen molar-refractivity contribution >= 4 is 11.9 Å². The molecule has 0 aromatic heterocycles. The van der Waals surface area contributed by atoms with Crippen LogP contribution in [0.4, 0.5) is 4.79 Å². The lowest BCUT2D eigenvalue weighted by molar-refractivity contribution is -0.127. The van der Waals surface area contributed by atoms with Crippen LogP contribution < -0.4 is 5.32 Å². The summed E-state index contributed by atoms with van der Waals surface area (Å²) in [4.78, 5) is 24.9. The highest BCUT2D eigenvalue weighted by molar-refractivity contribution is 6.04. The van der Waals surface area contributed by atoms with Crippen LogP contribution in [0.3, 0.4) is 0 Å². The number of amides is 3. The molecule has 4 nitrogen and oxygen atoms in total. The summed E-state index contributed by atoms with van der Waals surface area (Å²) in [6.07, 6.45) is 0. The Labute approximate surface area is 99.9 Å². The van der Waals surface area contributed by atoms with Crippen LogP contribution in [0, 0.1) is 0 Å². The van der Waals surface area contributed by atoms with Gasteiger partial charge in [0.1, 0.15) is 6.04 Å². The summed E-state index contributed by atoms with van der Waals surface area (Å²) in [5.41, 5.74) is 1.58. The Kier molecular flexibility index (Phi) is 2.95. The fraction of sp³-hybridized carbons (Fsp3) is 0.231. The van der Waals surface area contributed by atoms with Crippen molar-refractivity contribution in [3.05, 3.63) is 48.0 Å². The van der Waals surface area contributed by atoms with Gasteiger partial charge in [-0.05, 0) is 12.5 Å². The van der Waals surface area contributed by atoms with Crippen LogP contribution in [-0.4, -0.2) is 23.4 Å². The number of nitrogens with one attached hydrogen (secondary N) is 1. The number of carbonyl (C=O) groups is 2. The van der Waals surface area contributed by atoms with Gasteiger partial charge in [-0.1, -0.05) is 42.5 Å². The predicted octanol–water partition coefficient (Wildman–Crippen LogP) is 1.86. The third kappa shape index (κ3) is 2.20. The molecule has 1 aromatic carbocycles. The molecule has 88 valence electrons. The zero-order valence-electron chi connectivity index (χ0n) is 9.64. The van der Waals surface area contributed by atoms with Crippen molar-refractivity contribution in [2.45, 2.75) is 13.0 Å². The molecular formula is C13H14N2O2. The summed E-state index contributed by atoms with van der Waals surface area (Å²) in [7, 11) is 0. The third-order valence-corrected chi connectivity index (χ3v) is 2.59. The smallest absolute Gasteiger partial charge is 0.322 e. The first kappa shape index (κ1) is 11.4. The Balaban J connectivity index is 2.22. The van der Waals surface area contributed by atoms with Gasteiger partial charge in [0.25, 0.3) is 5.91 Å². The van der Waals surface area contributed by atoms with E-state index in [4.69, 9.17) is 0 Å².